The van der Waals surface area contributed by atoms with E-state index in [2.05, 4.69) is 4.98 Å². The number of nitriles is 1. The number of aromatic nitrogens is 1. The molecule has 0 aliphatic heterocycles. The summed E-state index contributed by atoms with van der Waals surface area (Å²) < 4.78 is 80.3. The SMILES string of the molecule is N#Cc1ccc(C(=O)N(C(=O)CCC(C(=O)O)c2ccccc2)c2ncc(C(O)(C(F)(F)F)C(F)(F)F)s2)cc1. The van der Waals surface area contributed by atoms with Crippen LogP contribution in [0.5, 0.6) is 0 Å². The summed E-state index contributed by atoms with van der Waals surface area (Å²) in [7, 11) is 0. The molecule has 40 heavy (non-hydrogen) atoms. The lowest BCUT2D eigenvalue weighted by Crippen LogP contribution is -2.53. The molecular weight excluding hydrogens is 568 g/mol. The largest absolute Gasteiger partial charge is 0.481 e. The summed E-state index contributed by atoms with van der Waals surface area (Å²) >= 11 is -0.388. The molecule has 2 N–H and O–H groups in total. The number of rotatable bonds is 8. The minimum absolute atomic E-state index is 0.0529. The highest BCUT2D eigenvalue weighted by Crippen LogP contribution is 2.52. The lowest BCUT2D eigenvalue weighted by molar-refractivity contribution is -0.375. The van der Waals surface area contributed by atoms with Crippen LogP contribution in [0.2, 0.25) is 0 Å². The Morgan fingerprint density at radius 2 is 1.55 bits per heavy atom. The van der Waals surface area contributed by atoms with Crippen LogP contribution < -0.4 is 4.90 Å². The maximum atomic E-state index is 13.4. The summed E-state index contributed by atoms with van der Waals surface area (Å²) in [5, 5.41) is 27.3. The van der Waals surface area contributed by atoms with Gasteiger partial charge in [0.05, 0.1) is 22.4 Å². The number of thiazole rings is 1. The van der Waals surface area contributed by atoms with E-state index in [0.29, 0.717) is 5.56 Å². The van der Waals surface area contributed by atoms with Crippen molar-refractivity contribution in [3.8, 4) is 6.07 Å². The minimum atomic E-state index is -6.23. The second kappa shape index (κ2) is 11.4. The number of carboxylic acid groups (broad SMARTS) is 1. The van der Waals surface area contributed by atoms with Gasteiger partial charge in [-0.3, -0.25) is 14.4 Å². The molecule has 0 aliphatic rings. The highest BCUT2D eigenvalue weighted by atomic mass is 32.1. The zero-order valence-corrected chi connectivity index (χ0v) is 20.7. The average Bonchev–Trinajstić information content (AvgIpc) is 3.37. The Kier molecular flexibility index (Phi) is 8.66. The molecule has 0 aliphatic carbocycles. The van der Waals surface area contributed by atoms with Gasteiger partial charge in [0.15, 0.2) is 5.13 Å². The fourth-order valence-corrected chi connectivity index (χ4v) is 4.66. The predicted octanol–water partition coefficient (Wildman–Crippen LogP) is 5.15. The monoisotopic (exact) mass is 585 g/mol. The van der Waals surface area contributed by atoms with Crippen LogP contribution in [0.3, 0.4) is 0 Å². The van der Waals surface area contributed by atoms with E-state index < -0.39 is 58.1 Å². The number of amides is 2. The minimum Gasteiger partial charge on any atom is -0.481 e. The summed E-state index contributed by atoms with van der Waals surface area (Å²) in [6.45, 7) is 0. The maximum Gasteiger partial charge on any atom is 0.431 e. The van der Waals surface area contributed by atoms with E-state index >= 15 is 0 Å². The second-order valence-electron chi connectivity index (χ2n) is 8.28. The highest BCUT2D eigenvalue weighted by molar-refractivity contribution is 7.16. The number of carboxylic acids is 1. The number of hydrogen-bond acceptors (Lipinski definition) is 7. The van der Waals surface area contributed by atoms with Gasteiger partial charge in [0, 0.05) is 18.2 Å². The Balaban J connectivity index is 2.04. The number of benzene rings is 2. The van der Waals surface area contributed by atoms with Gasteiger partial charge in [0.25, 0.3) is 11.5 Å². The van der Waals surface area contributed by atoms with Gasteiger partial charge in [0.1, 0.15) is 0 Å². The van der Waals surface area contributed by atoms with Crippen molar-refractivity contribution >= 4 is 34.3 Å². The number of alkyl halides is 6. The zero-order valence-electron chi connectivity index (χ0n) is 19.9. The fraction of sp³-hybridized carbons (Fsp3) is 0.240. The van der Waals surface area contributed by atoms with E-state index in [0.717, 1.165) is 12.1 Å². The Morgan fingerprint density at radius 1 is 0.975 bits per heavy atom. The number of hydrogen-bond donors (Lipinski definition) is 2. The Hall–Kier alpha value is -4.29. The molecule has 2 amide bonds. The Bertz CT molecular complexity index is 1420. The van der Waals surface area contributed by atoms with Crippen LogP contribution in [-0.2, 0) is 15.2 Å². The number of carbonyl (C=O) groups excluding carboxylic acids is 2. The summed E-state index contributed by atoms with van der Waals surface area (Å²) in [5.74, 6) is -4.95. The van der Waals surface area contributed by atoms with Crippen LogP contribution in [0.15, 0.2) is 60.8 Å². The van der Waals surface area contributed by atoms with Crippen LogP contribution in [-0.4, -0.2) is 45.3 Å². The highest BCUT2D eigenvalue weighted by Gasteiger charge is 2.72. The van der Waals surface area contributed by atoms with Gasteiger partial charge in [-0.25, -0.2) is 9.88 Å². The number of halogens is 6. The lowest BCUT2D eigenvalue weighted by Gasteiger charge is -2.30. The van der Waals surface area contributed by atoms with Crippen LogP contribution >= 0.6 is 11.3 Å². The number of imide groups is 1. The molecule has 0 fully saturated rings. The summed E-state index contributed by atoms with van der Waals surface area (Å²) in [6.07, 6.45) is -13.5. The molecule has 1 aromatic heterocycles. The quantitative estimate of drug-likeness (QED) is 0.350. The maximum absolute atomic E-state index is 13.4. The molecule has 1 atom stereocenters. The molecule has 0 bridgehead atoms. The van der Waals surface area contributed by atoms with Gasteiger partial charge in [0.2, 0.25) is 5.91 Å². The van der Waals surface area contributed by atoms with Crippen molar-refractivity contribution in [2.75, 3.05) is 4.90 Å². The van der Waals surface area contributed by atoms with Gasteiger partial charge < -0.3 is 10.2 Å². The Labute approximate surface area is 225 Å². The predicted molar refractivity (Wildman–Crippen MR) is 127 cm³/mol. The summed E-state index contributed by atoms with van der Waals surface area (Å²) in [6, 6.07) is 14.0. The van der Waals surface area contributed by atoms with E-state index in [1.54, 1.807) is 24.3 Å². The molecule has 3 aromatic rings. The van der Waals surface area contributed by atoms with Crippen molar-refractivity contribution < 1.29 is 50.9 Å². The molecule has 8 nitrogen and oxygen atoms in total. The van der Waals surface area contributed by atoms with Crippen LogP contribution in [0.25, 0.3) is 0 Å². The number of aliphatic hydroxyl groups is 1. The molecule has 15 heteroatoms. The average molecular weight is 585 g/mol. The third-order valence-electron chi connectivity index (χ3n) is 5.72. The van der Waals surface area contributed by atoms with Crippen molar-refractivity contribution in [2.24, 2.45) is 0 Å². The van der Waals surface area contributed by atoms with Crippen LogP contribution in [0.4, 0.5) is 31.5 Å². The van der Waals surface area contributed by atoms with Crippen molar-refractivity contribution in [3.05, 3.63) is 82.4 Å². The van der Waals surface area contributed by atoms with Crippen LogP contribution in [0.1, 0.15) is 45.1 Å². The standard InChI is InChI=1S/C25H17F6N3O5S/c26-24(27,28)23(39,25(29,30)31)18-13-33-22(40-18)34(20(36)16-8-6-14(12-32)7-9-16)19(35)11-10-17(21(37)38)15-4-2-1-3-5-15/h1-9,13,17,39H,10-11H2,(H,37,38). The van der Waals surface area contributed by atoms with Gasteiger partial charge in [-0.15, -0.1) is 0 Å². The Morgan fingerprint density at radius 3 is 2.05 bits per heavy atom. The van der Waals surface area contributed by atoms with E-state index in [1.807, 2.05) is 0 Å². The first-order valence-electron chi connectivity index (χ1n) is 11.1. The van der Waals surface area contributed by atoms with Crippen molar-refractivity contribution in [1.29, 1.82) is 5.26 Å². The van der Waals surface area contributed by atoms with Gasteiger partial charge >= 0.3 is 18.3 Å². The normalized spacial score (nSPS) is 12.8. The van der Waals surface area contributed by atoms with Crippen molar-refractivity contribution in [3.63, 3.8) is 0 Å². The molecule has 210 valence electrons. The molecule has 1 heterocycles. The fourth-order valence-electron chi connectivity index (χ4n) is 3.60. The molecule has 0 spiro atoms. The zero-order chi connectivity index (χ0) is 29.9. The van der Waals surface area contributed by atoms with E-state index in [9.17, 15) is 50.9 Å². The van der Waals surface area contributed by atoms with Crippen molar-refractivity contribution in [1.82, 2.24) is 4.98 Å². The molecular formula is C25H17F6N3O5S. The number of aliphatic carboxylic acids is 1. The first kappa shape index (κ1) is 30.3. The van der Waals surface area contributed by atoms with E-state index in [4.69, 9.17) is 5.26 Å². The van der Waals surface area contributed by atoms with Crippen molar-refractivity contribution in [2.45, 2.75) is 36.7 Å². The topological polar surface area (TPSA) is 132 Å². The number of anilines is 1. The van der Waals surface area contributed by atoms with Gasteiger partial charge in [-0.2, -0.15) is 31.6 Å². The van der Waals surface area contributed by atoms with Crippen LogP contribution in [0, 0.1) is 11.3 Å². The van der Waals surface area contributed by atoms with Gasteiger partial charge in [-0.1, -0.05) is 41.7 Å². The molecule has 0 saturated carbocycles. The molecule has 3 rings (SSSR count). The smallest absolute Gasteiger partial charge is 0.431 e. The number of nitrogens with zero attached hydrogens (tertiary/aromatic N) is 3. The molecule has 1 unspecified atom stereocenters. The van der Waals surface area contributed by atoms with E-state index in [1.165, 1.54) is 24.3 Å². The molecule has 0 radical (unpaired) electrons. The first-order valence-corrected chi connectivity index (χ1v) is 11.9. The first-order chi connectivity index (χ1) is 18.6. The lowest BCUT2D eigenvalue weighted by atomic mass is 9.94. The second-order valence-corrected chi connectivity index (χ2v) is 9.29. The third-order valence-corrected chi connectivity index (χ3v) is 6.81. The number of carbonyl (C=O) groups is 3. The summed E-state index contributed by atoms with van der Waals surface area (Å²) in [5.41, 5.74) is -5.20. The summed E-state index contributed by atoms with van der Waals surface area (Å²) in [4.78, 5) is 40.1. The van der Waals surface area contributed by atoms with Gasteiger partial charge in [-0.05, 0) is 36.2 Å². The molecule has 2 aromatic carbocycles. The third kappa shape index (κ3) is 5.97. The molecule has 0 saturated heterocycles. The van der Waals surface area contributed by atoms with E-state index in [-0.39, 0.29) is 40.0 Å².